The molecule has 0 radical (unpaired) electrons. The number of anilines is 1. The molecule has 0 spiro atoms. The first-order valence-electron chi connectivity index (χ1n) is 10.5. The Hall–Kier alpha value is -3.13. The molecule has 156 valence electrons. The summed E-state index contributed by atoms with van der Waals surface area (Å²) >= 11 is 0. The number of rotatable bonds is 5. The van der Waals surface area contributed by atoms with Crippen molar-refractivity contribution in [3.63, 3.8) is 0 Å². The SMILES string of the molecule is CCC1CC(O)CCC1Nc1nc(OC)c2c(-c3ccn4nccc4c3)c[nH]c2n1. The summed E-state index contributed by atoms with van der Waals surface area (Å²) in [4.78, 5) is 12.7. The largest absolute Gasteiger partial charge is 0.480 e. The number of hydrogen-bond acceptors (Lipinski definition) is 6. The molecule has 0 aromatic carbocycles. The first kappa shape index (κ1) is 18.9. The lowest BCUT2D eigenvalue weighted by atomic mass is 9.81. The van der Waals surface area contributed by atoms with Crippen molar-refractivity contribution in [2.75, 3.05) is 12.4 Å². The van der Waals surface area contributed by atoms with Crippen LogP contribution in [-0.2, 0) is 0 Å². The Bertz CT molecular complexity index is 1180. The lowest BCUT2D eigenvalue weighted by molar-refractivity contribution is 0.0929. The molecule has 3 N–H and O–H groups in total. The van der Waals surface area contributed by atoms with Gasteiger partial charge in [0, 0.05) is 30.2 Å². The summed E-state index contributed by atoms with van der Waals surface area (Å²) in [5.74, 6) is 1.50. The van der Waals surface area contributed by atoms with E-state index in [9.17, 15) is 5.11 Å². The van der Waals surface area contributed by atoms with Crippen LogP contribution >= 0.6 is 0 Å². The standard InChI is InChI=1S/C22H26N6O2/c1-3-13-11-16(29)4-5-18(13)25-22-26-20-19(21(27-22)30-2)17(12-23-20)14-7-9-28-15(10-14)6-8-24-28/h6-10,12-13,16,18,29H,3-5,11H2,1-2H3,(H2,23,25,26,27). The Morgan fingerprint density at radius 1 is 1.30 bits per heavy atom. The zero-order chi connectivity index (χ0) is 20.7. The van der Waals surface area contributed by atoms with Gasteiger partial charge in [0.15, 0.2) is 0 Å². The number of nitrogens with one attached hydrogen (secondary N) is 2. The number of H-pyrrole nitrogens is 1. The molecule has 0 amide bonds. The van der Waals surface area contributed by atoms with E-state index < -0.39 is 0 Å². The van der Waals surface area contributed by atoms with Crippen molar-refractivity contribution in [2.24, 2.45) is 5.92 Å². The third-order valence-corrected chi connectivity index (χ3v) is 6.20. The van der Waals surface area contributed by atoms with Crippen LogP contribution in [0, 0.1) is 5.92 Å². The Balaban J connectivity index is 1.51. The summed E-state index contributed by atoms with van der Waals surface area (Å²) in [6.07, 6.45) is 9.00. The molecular weight excluding hydrogens is 380 g/mol. The molecule has 3 atom stereocenters. The Morgan fingerprint density at radius 2 is 2.20 bits per heavy atom. The Morgan fingerprint density at radius 3 is 3.03 bits per heavy atom. The van der Waals surface area contributed by atoms with E-state index in [1.54, 1.807) is 13.3 Å². The molecule has 5 rings (SSSR count). The van der Waals surface area contributed by atoms with E-state index in [4.69, 9.17) is 9.72 Å². The lowest BCUT2D eigenvalue weighted by Crippen LogP contribution is -2.37. The molecule has 1 fully saturated rings. The molecule has 4 aromatic heterocycles. The number of hydrogen-bond donors (Lipinski definition) is 3. The van der Waals surface area contributed by atoms with Crippen molar-refractivity contribution in [1.82, 2.24) is 24.6 Å². The molecule has 0 saturated heterocycles. The van der Waals surface area contributed by atoms with E-state index in [2.05, 4.69) is 33.4 Å². The van der Waals surface area contributed by atoms with Crippen LogP contribution in [0.25, 0.3) is 27.7 Å². The number of nitrogens with zero attached hydrogens (tertiary/aromatic N) is 4. The van der Waals surface area contributed by atoms with Gasteiger partial charge in [0.1, 0.15) is 5.65 Å². The van der Waals surface area contributed by atoms with Crippen LogP contribution in [0.2, 0.25) is 0 Å². The zero-order valence-electron chi connectivity index (χ0n) is 17.2. The second kappa shape index (κ2) is 7.60. The summed E-state index contributed by atoms with van der Waals surface area (Å²) < 4.78 is 7.48. The van der Waals surface area contributed by atoms with Gasteiger partial charge in [-0.3, -0.25) is 0 Å². The molecule has 0 aliphatic heterocycles. The predicted octanol–water partition coefficient (Wildman–Crippen LogP) is 3.63. The number of methoxy groups -OCH3 is 1. The maximum absolute atomic E-state index is 9.99. The van der Waals surface area contributed by atoms with E-state index in [-0.39, 0.29) is 12.1 Å². The number of aromatic amines is 1. The lowest BCUT2D eigenvalue weighted by Gasteiger charge is -2.34. The van der Waals surface area contributed by atoms with Gasteiger partial charge in [0.05, 0.1) is 24.1 Å². The van der Waals surface area contributed by atoms with Crippen molar-refractivity contribution in [3.8, 4) is 17.0 Å². The summed E-state index contributed by atoms with van der Waals surface area (Å²) in [6.45, 7) is 2.16. The monoisotopic (exact) mass is 406 g/mol. The van der Waals surface area contributed by atoms with E-state index >= 15 is 0 Å². The minimum atomic E-state index is -0.204. The number of ether oxygens (including phenoxy) is 1. The van der Waals surface area contributed by atoms with Gasteiger partial charge in [-0.25, -0.2) is 4.52 Å². The van der Waals surface area contributed by atoms with E-state index in [0.29, 0.717) is 17.7 Å². The fourth-order valence-corrected chi connectivity index (χ4v) is 4.58. The maximum atomic E-state index is 9.99. The fourth-order valence-electron chi connectivity index (χ4n) is 4.58. The molecule has 0 bridgehead atoms. The molecule has 30 heavy (non-hydrogen) atoms. The van der Waals surface area contributed by atoms with Gasteiger partial charge in [-0.05, 0) is 48.9 Å². The van der Waals surface area contributed by atoms with Gasteiger partial charge in [0.2, 0.25) is 11.8 Å². The fraction of sp³-hybridized carbons (Fsp3) is 0.409. The van der Waals surface area contributed by atoms with Crippen molar-refractivity contribution in [1.29, 1.82) is 0 Å². The van der Waals surface area contributed by atoms with Crippen LogP contribution in [0.3, 0.4) is 0 Å². The highest BCUT2D eigenvalue weighted by Crippen LogP contribution is 2.35. The molecule has 1 saturated carbocycles. The highest BCUT2D eigenvalue weighted by atomic mass is 16.5. The molecule has 1 aliphatic carbocycles. The van der Waals surface area contributed by atoms with Crippen LogP contribution in [-0.4, -0.2) is 48.9 Å². The zero-order valence-corrected chi connectivity index (χ0v) is 17.2. The topological polar surface area (TPSA) is 100 Å². The Kier molecular flexibility index (Phi) is 4.78. The van der Waals surface area contributed by atoms with E-state index in [1.807, 2.05) is 29.0 Å². The van der Waals surface area contributed by atoms with Gasteiger partial charge < -0.3 is 20.1 Å². The number of fused-ring (bicyclic) bond motifs is 2. The van der Waals surface area contributed by atoms with Crippen molar-refractivity contribution < 1.29 is 9.84 Å². The third-order valence-electron chi connectivity index (χ3n) is 6.20. The maximum Gasteiger partial charge on any atom is 0.228 e. The van der Waals surface area contributed by atoms with E-state index in [0.717, 1.165) is 53.4 Å². The average Bonchev–Trinajstić information content (AvgIpc) is 3.40. The predicted molar refractivity (Wildman–Crippen MR) is 116 cm³/mol. The molecule has 8 heteroatoms. The van der Waals surface area contributed by atoms with Gasteiger partial charge >= 0.3 is 0 Å². The van der Waals surface area contributed by atoms with Crippen LogP contribution in [0.5, 0.6) is 5.88 Å². The number of aliphatic hydroxyl groups excluding tert-OH is 1. The second-order valence-corrected chi connectivity index (χ2v) is 7.98. The smallest absolute Gasteiger partial charge is 0.228 e. The van der Waals surface area contributed by atoms with E-state index in [1.165, 1.54) is 0 Å². The third kappa shape index (κ3) is 3.27. The minimum absolute atomic E-state index is 0.204. The molecule has 3 unspecified atom stereocenters. The molecule has 1 aliphatic rings. The van der Waals surface area contributed by atoms with Crippen molar-refractivity contribution in [3.05, 3.63) is 36.8 Å². The van der Waals surface area contributed by atoms with Crippen molar-refractivity contribution in [2.45, 2.75) is 44.8 Å². The van der Waals surface area contributed by atoms with Crippen LogP contribution in [0.15, 0.2) is 36.8 Å². The summed E-state index contributed by atoms with van der Waals surface area (Å²) in [6, 6.07) is 6.33. The summed E-state index contributed by atoms with van der Waals surface area (Å²) in [5, 5.41) is 18.6. The first-order valence-corrected chi connectivity index (χ1v) is 10.5. The van der Waals surface area contributed by atoms with Gasteiger partial charge in [0.25, 0.3) is 0 Å². The van der Waals surface area contributed by atoms with Crippen molar-refractivity contribution >= 4 is 22.5 Å². The minimum Gasteiger partial charge on any atom is -0.480 e. The van der Waals surface area contributed by atoms with Gasteiger partial charge in [-0.1, -0.05) is 13.3 Å². The summed E-state index contributed by atoms with van der Waals surface area (Å²) in [5.41, 5.74) is 3.79. The van der Waals surface area contributed by atoms with Crippen LogP contribution in [0.4, 0.5) is 5.95 Å². The quantitative estimate of drug-likeness (QED) is 0.468. The second-order valence-electron chi connectivity index (χ2n) is 7.98. The van der Waals surface area contributed by atoms with Gasteiger partial charge in [-0.15, -0.1) is 0 Å². The molecule has 4 heterocycles. The highest BCUT2D eigenvalue weighted by Gasteiger charge is 2.29. The van der Waals surface area contributed by atoms with Crippen LogP contribution in [0.1, 0.15) is 32.6 Å². The summed E-state index contributed by atoms with van der Waals surface area (Å²) in [7, 11) is 1.63. The highest BCUT2D eigenvalue weighted by molar-refractivity contribution is 5.98. The van der Waals surface area contributed by atoms with Crippen LogP contribution < -0.4 is 10.1 Å². The number of pyridine rings is 1. The first-order chi connectivity index (χ1) is 14.7. The Labute approximate surface area is 174 Å². The van der Waals surface area contributed by atoms with Gasteiger partial charge in [-0.2, -0.15) is 15.1 Å². The molecule has 4 aromatic rings. The molecule has 8 nitrogen and oxygen atoms in total. The average molecular weight is 406 g/mol. The number of aliphatic hydroxyl groups is 1. The normalized spacial score (nSPS) is 21.9. The number of aromatic nitrogens is 5. The molecular formula is C22H26N6O2.